The molecule has 1 aliphatic carbocycles. The quantitative estimate of drug-likeness (QED) is 0.642. The van der Waals surface area contributed by atoms with Crippen LogP contribution in [0.5, 0.6) is 0 Å². The lowest BCUT2D eigenvalue weighted by molar-refractivity contribution is 0.0234. The van der Waals surface area contributed by atoms with Crippen molar-refractivity contribution in [3.8, 4) is 0 Å². The third-order valence-corrected chi connectivity index (χ3v) is 4.57. The van der Waals surface area contributed by atoms with E-state index in [1.807, 2.05) is 0 Å². The van der Waals surface area contributed by atoms with E-state index < -0.39 is 0 Å². The van der Waals surface area contributed by atoms with Gasteiger partial charge in [0.25, 0.3) is 0 Å². The Morgan fingerprint density at radius 1 is 1.29 bits per heavy atom. The Bertz CT molecular complexity index is 204. The first-order valence-electron chi connectivity index (χ1n) is 6.50. The van der Waals surface area contributed by atoms with E-state index in [2.05, 4.69) is 24.5 Å². The zero-order valence-electron chi connectivity index (χ0n) is 11.4. The number of thiol groups is 1. The van der Waals surface area contributed by atoms with Crippen molar-refractivity contribution in [1.82, 2.24) is 4.90 Å². The number of methoxy groups -OCH3 is 2. The first-order chi connectivity index (χ1) is 8.17. The number of rotatable bonds is 9. The second kappa shape index (κ2) is 7.62. The standard InChI is InChI=1S/C13H27NO2S/c1-12(9-16-3)14(7-8-15-2)10-13(11-17)5-4-6-13/h12,17H,4-11H2,1-3H3. The minimum Gasteiger partial charge on any atom is -0.383 e. The van der Waals surface area contributed by atoms with E-state index in [1.54, 1.807) is 14.2 Å². The largest absolute Gasteiger partial charge is 0.383 e. The van der Waals surface area contributed by atoms with Crippen molar-refractivity contribution in [2.24, 2.45) is 5.41 Å². The van der Waals surface area contributed by atoms with Crippen molar-refractivity contribution in [2.75, 3.05) is 46.3 Å². The van der Waals surface area contributed by atoms with Crippen molar-refractivity contribution < 1.29 is 9.47 Å². The highest BCUT2D eigenvalue weighted by atomic mass is 32.1. The van der Waals surface area contributed by atoms with Crippen molar-refractivity contribution in [3.63, 3.8) is 0 Å². The molecular weight excluding hydrogens is 234 g/mol. The van der Waals surface area contributed by atoms with Gasteiger partial charge in [0.2, 0.25) is 0 Å². The van der Waals surface area contributed by atoms with Gasteiger partial charge in [0, 0.05) is 33.4 Å². The van der Waals surface area contributed by atoms with Crippen molar-refractivity contribution in [3.05, 3.63) is 0 Å². The summed E-state index contributed by atoms with van der Waals surface area (Å²) in [6, 6.07) is 0.451. The Labute approximate surface area is 111 Å². The molecule has 0 aliphatic heterocycles. The molecule has 0 aromatic heterocycles. The second-order valence-corrected chi connectivity index (χ2v) is 5.60. The van der Waals surface area contributed by atoms with Crippen LogP contribution in [0.4, 0.5) is 0 Å². The molecule has 0 radical (unpaired) electrons. The summed E-state index contributed by atoms with van der Waals surface area (Å²) < 4.78 is 10.5. The zero-order valence-corrected chi connectivity index (χ0v) is 12.3. The van der Waals surface area contributed by atoms with E-state index in [9.17, 15) is 0 Å². The van der Waals surface area contributed by atoms with E-state index in [1.165, 1.54) is 19.3 Å². The van der Waals surface area contributed by atoms with E-state index >= 15 is 0 Å². The number of nitrogens with zero attached hydrogens (tertiary/aromatic N) is 1. The Balaban J connectivity index is 2.49. The highest BCUT2D eigenvalue weighted by Gasteiger charge is 2.37. The lowest BCUT2D eigenvalue weighted by Crippen LogP contribution is -2.49. The van der Waals surface area contributed by atoms with Crippen LogP contribution in [0, 0.1) is 5.41 Å². The molecule has 0 saturated heterocycles. The third-order valence-electron chi connectivity index (χ3n) is 3.90. The fraction of sp³-hybridized carbons (Fsp3) is 1.00. The number of hydrogen-bond donors (Lipinski definition) is 1. The van der Waals surface area contributed by atoms with Crippen LogP contribution in [-0.2, 0) is 9.47 Å². The van der Waals surface area contributed by atoms with E-state index in [4.69, 9.17) is 9.47 Å². The third kappa shape index (κ3) is 4.43. The Kier molecular flexibility index (Phi) is 6.85. The minimum absolute atomic E-state index is 0.443. The topological polar surface area (TPSA) is 21.7 Å². The summed E-state index contributed by atoms with van der Waals surface area (Å²) in [5.41, 5.74) is 0.443. The SMILES string of the molecule is COCCN(CC1(CS)CCC1)C(C)COC. The average molecular weight is 261 g/mol. The minimum atomic E-state index is 0.443. The van der Waals surface area contributed by atoms with E-state index in [-0.39, 0.29) is 0 Å². The Morgan fingerprint density at radius 2 is 2.00 bits per heavy atom. The van der Waals surface area contributed by atoms with Crippen LogP contribution in [0.2, 0.25) is 0 Å². The molecule has 17 heavy (non-hydrogen) atoms. The lowest BCUT2D eigenvalue weighted by Gasteiger charge is -2.45. The highest BCUT2D eigenvalue weighted by Crippen LogP contribution is 2.42. The predicted molar refractivity (Wildman–Crippen MR) is 74.9 cm³/mol. The first kappa shape index (κ1) is 15.3. The van der Waals surface area contributed by atoms with Crippen LogP contribution in [0.1, 0.15) is 26.2 Å². The van der Waals surface area contributed by atoms with Gasteiger partial charge in [-0.25, -0.2) is 0 Å². The molecule has 0 aromatic rings. The first-order valence-corrected chi connectivity index (χ1v) is 7.13. The Hall–Kier alpha value is 0.230. The number of hydrogen-bond acceptors (Lipinski definition) is 4. The van der Waals surface area contributed by atoms with Gasteiger partial charge in [0.1, 0.15) is 0 Å². The van der Waals surface area contributed by atoms with Crippen LogP contribution in [-0.4, -0.2) is 57.2 Å². The van der Waals surface area contributed by atoms with Crippen molar-refractivity contribution in [1.29, 1.82) is 0 Å². The molecule has 4 heteroatoms. The van der Waals surface area contributed by atoms with Gasteiger partial charge in [-0.15, -0.1) is 0 Å². The molecule has 0 spiro atoms. The maximum Gasteiger partial charge on any atom is 0.0615 e. The molecule has 0 amide bonds. The Morgan fingerprint density at radius 3 is 2.41 bits per heavy atom. The molecule has 0 heterocycles. The number of ether oxygens (including phenoxy) is 2. The van der Waals surface area contributed by atoms with Gasteiger partial charge in [-0.1, -0.05) is 6.42 Å². The molecule has 1 unspecified atom stereocenters. The maximum absolute atomic E-state index is 5.26. The van der Waals surface area contributed by atoms with Gasteiger partial charge in [-0.3, -0.25) is 4.90 Å². The summed E-state index contributed by atoms with van der Waals surface area (Å²) in [7, 11) is 3.53. The van der Waals surface area contributed by atoms with Gasteiger partial charge in [0.15, 0.2) is 0 Å². The van der Waals surface area contributed by atoms with Gasteiger partial charge in [0.05, 0.1) is 13.2 Å². The van der Waals surface area contributed by atoms with Crippen molar-refractivity contribution >= 4 is 12.6 Å². The van der Waals surface area contributed by atoms with Crippen LogP contribution >= 0.6 is 12.6 Å². The van der Waals surface area contributed by atoms with Crippen LogP contribution in [0.3, 0.4) is 0 Å². The molecule has 102 valence electrons. The summed E-state index contributed by atoms with van der Waals surface area (Å²) >= 11 is 4.53. The normalized spacial score (nSPS) is 20.3. The molecule has 1 aliphatic rings. The fourth-order valence-electron chi connectivity index (χ4n) is 2.48. The lowest BCUT2D eigenvalue weighted by atomic mass is 9.70. The molecule has 1 saturated carbocycles. The maximum atomic E-state index is 5.26. The molecule has 0 aromatic carbocycles. The van der Waals surface area contributed by atoms with Crippen molar-refractivity contribution in [2.45, 2.75) is 32.2 Å². The predicted octanol–water partition coefficient (Wildman–Crippen LogP) is 2.07. The molecule has 1 atom stereocenters. The average Bonchev–Trinajstić information content (AvgIpc) is 2.28. The summed E-state index contributed by atoms with van der Waals surface area (Å²) in [6.45, 7) is 5.91. The second-order valence-electron chi connectivity index (χ2n) is 5.28. The molecule has 0 N–H and O–H groups in total. The molecule has 1 fully saturated rings. The monoisotopic (exact) mass is 261 g/mol. The summed E-state index contributed by atoms with van der Waals surface area (Å²) in [4.78, 5) is 2.49. The molecule has 1 rings (SSSR count). The summed E-state index contributed by atoms with van der Waals surface area (Å²) in [6.07, 6.45) is 4.00. The van der Waals surface area contributed by atoms with Gasteiger partial charge in [-0.05, 0) is 30.9 Å². The highest BCUT2D eigenvalue weighted by molar-refractivity contribution is 7.80. The molecule has 0 bridgehead atoms. The molecule has 3 nitrogen and oxygen atoms in total. The summed E-state index contributed by atoms with van der Waals surface area (Å²) in [5.74, 6) is 0.996. The van der Waals surface area contributed by atoms with Gasteiger partial charge < -0.3 is 9.47 Å². The smallest absolute Gasteiger partial charge is 0.0615 e. The van der Waals surface area contributed by atoms with Crippen LogP contribution < -0.4 is 0 Å². The van der Waals surface area contributed by atoms with Gasteiger partial charge in [-0.2, -0.15) is 12.6 Å². The van der Waals surface area contributed by atoms with Gasteiger partial charge >= 0.3 is 0 Å². The molecular formula is C13H27NO2S. The van der Waals surface area contributed by atoms with Crippen LogP contribution in [0.25, 0.3) is 0 Å². The fourth-order valence-corrected chi connectivity index (χ4v) is 2.90. The zero-order chi connectivity index (χ0) is 12.7. The van der Waals surface area contributed by atoms with E-state index in [0.29, 0.717) is 11.5 Å². The van der Waals surface area contributed by atoms with E-state index in [0.717, 1.165) is 32.1 Å². The van der Waals surface area contributed by atoms with Crippen LogP contribution in [0.15, 0.2) is 0 Å². The summed E-state index contributed by atoms with van der Waals surface area (Å²) in [5, 5.41) is 0.